The Hall–Kier alpha value is -1.90. The molecule has 0 amide bonds. The minimum absolute atomic E-state index is 0.225. The molecule has 2 aromatic rings. The summed E-state index contributed by atoms with van der Waals surface area (Å²) >= 11 is 0. The zero-order valence-corrected chi connectivity index (χ0v) is 11.7. The van der Waals surface area contributed by atoms with Crippen LogP contribution in [0, 0.1) is 11.3 Å². The molecule has 2 heterocycles. The van der Waals surface area contributed by atoms with Crippen LogP contribution in [-0.2, 0) is 13.0 Å². The fourth-order valence-corrected chi connectivity index (χ4v) is 2.53. The minimum Gasteiger partial charge on any atom is -0.440 e. The van der Waals surface area contributed by atoms with Crippen molar-refractivity contribution in [1.29, 1.82) is 5.26 Å². The zero-order valence-electron chi connectivity index (χ0n) is 11.7. The predicted octanol–water partition coefficient (Wildman–Crippen LogP) is 1.64. The van der Waals surface area contributed by atoms with Crippen LogP contribution in [0.5, 0.6) is 0 Å². The summed E-state index contributed by atoms with van der Waals surface area (Å²) in [6.45, 7) is 5.40. The van der Waals surface area contributed by atoms with Crippen molar-refractivity contribution in [3.63, 3.8) is 0 Å². The summed E-state index contributed by atoms with van der Waals surface area (Å²) in [5.74, 6) is 0.499. The smallest absolute Gasteiger partial charge is 0.209 e. The largest absolute Gasteiger partial charge is 0.440 e. The van der Waals surface area contributed by atoms with E-state index in [1.807, 2.05) is 6.07 Å². The summed E-state index contributed by atoms with van der Waals surface area (Å²) in [4.78, 5) is 9.16. The van der Waals surface area contributed by atoms with Gasteiger partial charge in [0.2, 0.25) is 5.89 Å². The molecule has 0 saturated carbocycles. The van der Waals surface area contributed by atoms with E-state index in [1.165, 1.54) is 5.56 Å². The van der Waals surface area contributed by atoms with Crippen molar-refractivity contribution < 1.29 is 4.42 Å². The number of fused-ring (bicyclic) bond motifs is 1. The number of hydrogen-bond acceptors (Lipinski definition) is 5. The average molecular weight is 270 g/mol. The number of hydrogen-bond donors (Lipinski definition) is 0. The average Bonchev–Trinajstić information content (AvgIpc) is 2.83. The molecule has 0 aliphatic carbocycles. The van der Waals surface area contributed by atoms with E-state index in [9.17, 15) is 0 Å². The predicted molar refractivity (Wildman–Crippen MR) is 76.1 cm³/mol. The fraction of sp³-hybridized carbons (Fsp3) is 0.467. The Balaban J connectivity index is 1.74. The Bertz CT molecular complexity index is 635. The SMILES string of the molecule is CN1CCN(Cc2ccc3oc(CC#N)nc3c2)CC1. The molecule has 0 bridgehead atoms. The van der Waals surface area contributed by atoms with Gasteiger partial charge in [-0.3, -0.25) is 4.90 Å². The second-order valence-corrected chi connectivity index (χ2v) is 5.32. The van der Waals surface area contributed by atoms with Crippen LogP contribution in [0.15, 0.2) is 22.6 Å². The molecular weight excluding hydrogens is 252 g/mol. The first-order chi connectivity index (χ1) is 9.74. The lowest BCUT2D eigenvalue weighted by Gasteiger charge is -2.32. The fourth-order valence-electron chi connectivity index (χ4n) is 2.53. The standard InChI is InChI=1S/C15H18N4O/c1-18-6-8-19(9-7-18)11-12-2-3-14-13(10-12)17-15(20-14)4-5-16/h2-3,10H,4,6-9,11H2,1H3. The maximum absolute atomic E-state index is 8.68. The van der Waals surface area contributed by atoms with Gasteiger partial charge in [0.05, 0.1) is 6.07 Å². The molecule has 1 aliphatic rings. The first kappa shape index (κ1) is 13.1. The highest BCUT2D eigenvalue weighted by Gasteiger charge is 2.14. The van der Waals surface area contributed by atoms with Gasteiger partial charge in [-0.2, -0.15) is 5.26 Å². The first-order valence-corrected chi connectivity index (χ1v) is 6.91. The third-order valence-electron chi connectivity index (χ3n) is 3.73. The van der Waals surface area contributed by atoms with Crippen molar-refractivity contribution in [1.82, 2.24) is 14.8 Å². The lowest BCUT2D eigenvalue weighted by atomic mass is 10.2. The van der Waals surface area contributed by atoms with Crippen molar-refractivity contribution >= 4 is 11.1 Å². The van der Waals surface area contributed by atoms with Gasteiger partial charge in [-0.05, 0) is 24.7 Å². The molecule has 1 aromatic heterocycles. The van der Waals surface area contributed by atoms with E-state index >= 15 is 0 Å². The Labute approximate surface area is 118 Å². The number of nitriles is 1. The van der Waals surface area contributed by atoms with Crippen molar-refractivity contribution in [3.05, 3.63) is 29.7 Å². The van der Waals surface area contributed by atoms with Crippen LogP contribution in [0.1, 0.15) is 11.5 Å². The molecule has 0 atom stereocenters. The number of nitrogens with zero attached hydrogens (tertiary/aromatic N) is 4. The number of piperazine rings is 1. The number of oxazole rings is 1. The zero-order chi connectivity index (χ0) is 13.9. The van der Waals surface area contributed by atoms with Crippen LogP contribution in [0.3, 0.4) is 0 Å². The molecule has 5 nitrogen and oxygen atoms in total. The van der Waals surface area contributed by atoms with Crippen molar-refractivity contribution in [2.24, 2.45) is 0 Å². The molecule has 3 rings (SSSR count). The lowest BCUT2D eigenvalue weighted by Crippen LogP contribution is -2.43. The van der Waals surface area contributed by atoms with Gasteiger partial charge in [0.15, 0.2) is 5.58 Å². The molecule has 1 aliphatic heterocycles. The first-order valence-electron chi connectivity index (χ1n) is 6.91. The highest BCUT2D eigenvalue weighted by Crippen LogP contribution is 2.19. The van der Waals surface area contributed by atoms with E-state index in [0.717, 1.165) is 43.8 Å². The van der Waals surface area contributed by atoms with Crippen molar-refractivity contribution in [2.75, 3.05) is 33.2 Å². The second-order valence-electron chi connectivity index (χ2n) is 5.32. The van der Waals surface area contributed by atoms with Crippen molar-refractivity contribution in [3.8, 4) is 6.07 Å². The van der Waals surface area contributed by atoms with E-state index in [4.69, 9.17) is 9.68 Å². The molecule has 1 fully saturated rings. The molecule has 104 valence electrons. The molecule has 0 N–H and O–H groups in total. The molecular formula is C15H18N4O. The number of benzene rings is 1. The quantitative estimate of drug-likeness (QED) is 0.848. The summed E-state index contributed by atoms with van der Waals surface area (Å²) in [5.41, 5.74) is 2.86. The molecule has 1 saturated heterocycles. The molecule has 0 radical (unpaired) electrons. The third-order valence-corrected chi connectivity index (χ3v) is 3.73. The van der Waals surface area contributed by atoms with Gasteiger partial charge in [-0.1, -0.05) is 6.07 Å². The Kier molecular flexibility index (Phi) is 3.68. The van der Waals surface area contributed by atoms with E-state index < -0.39 is 0 Å². The van der Waals surface area contributed by atoms with Crippen molar-refractivity contribution in [2.45, 2.75) is 13.0 Å². The lowest BCUT2D eigenvalue weighted by molar-refractivity contribution is 0.148. The monoisotopic (exact) mass is 270 g/mol. The van der Waals surface area contributed by atoms with Crippen LogP contribution < -0.4 is 0 Å². The number of rotatable bonds is 3. The topological polar surface area (TPSA) is 56.3 Å². The summed E-state index contributed by atoms with van der Waals surface area (Å²) in [7, 11) is 2.16. The normalized spacial score (nSPS) is 17.4. The van der Waals surface area contributed by atoms with E-state index in [-0.39, 0.29) is 6.42 Å². The van der Waals surface area contributed by atoms with Crippen LogP contribution >= 0.6 is 0 Å². The maximum atomic E-state index is 8.68. The molecule has 0 unspecified atom stereocenters. The molecule has 20 heavy (non-hydrogen) atoms. The van der Waals surface area contributed by atoms with E-state index in [2.05, 4.69) is 40.0 Å². The highest BCUT2D eigenvalue weighted by molar-refractivity contribution is 5.73. The minimum atomic E-state index is 0.225. The van der Waals surface area contributed by atoms with Crippen LogP contribution in [0.25, 0.3) is 11.1 Å². The highest BCUT2D eigenvalue weighted by atomic mass is 16.3. The number of likely N-dealkylation sites (N-methyl/N-ethyl adjacent to an activating group) is 1. The maximum Gasteiger partial charge on any atom is 0.209 e. The molecule has 0 spiro atoms. The van der Waals surface area contributed by atoms with Crippen LogP contribution in [0.4, 0.5) is 0 Å². The summed E-state index contributed by atoms with van der Waals surface area (Å²) in [6, 6.07) is 8.17. The Morgan fingerprint density at radius 3 is 2.85 bits per heavy atom. The summed E-state index contributed by atoms with van der Waals surface area (Å²) in [5, 5.41) is 8.68. The van der Waals surface area contributed by atoms with E-state index in [1.54, 1.807) is 0 Å². The molecule has 5 heteroatoms. The Morgan fingerprint density at radius 1 is 1.30 bits per heavy atom. The van der Waals surface area contributed by atoms with Crippen LogP contribution in [-0.4, -0.2) is 48.0 Å². The van der Waals surface area contributed by atoms with E-state index in [0.29, 0.717) is 5.89 Å². The van der Waals surface area contributed by atoms with Crippen LogP contribution in [0.2, 0.25) is 0 Å². The summed E-state index contributed by atoms with van der Waals surface area (Å²) < 4.78 is 5.51. The number of aromatic nitrogens is 1. The van der Waals surface area contributed by atoms with Gasteiger partial charge in [0, 0.05) is 32.7 Å². The van der Waals surface area contributed by atoms with Gasteiger partial charge in [0.1, 0.15) is 11.9 Å². The van der Waals surface area contributed by atoms with Gasteiger partial charge in [-0.25, -0.2) is 4.98 Å². The summed E-state index contributed by atoms with van der Waals surface area (Å²) in [6.07, 6.45) is 0.225. The van der Waals surface area contributed by atoms with Gasteiger partial charge < -0.3 is 9.32 Å². The van der Waals surface area contributed by atoms with Gasteiger partial charge in [-0.15, -0.1) is 0 Å². The molecule has 1 aromatic carbocycles. The second kappa shape index (κ2) is 5.61. The van der Waals surface area contributed by atoms with Gasteiger partial charge in [0.25, 0.3) is 0 Å². The third kappa shape index (κ3) is 2.82. The van der Waals surface area contributed by atoms with Gasteiger partial charge >= 0.3 is 0 Å². The Morgan fingerprint density at radius 2 is 2.10 bits per heavy atom.